The number of esters is 1. The highest BCUT2D eigenvalue weighted by Gasteiger charge is 2.21. The first-order valence-corrected chi connectivity index (χ1v) is 9.60. The Labute approximate surface area is 170 Å². The number of aryl methyl sites for hydroxylation is 1. The van der Waals surface area contributed by atoms with Gasteiger partial charge in [0.1, 0.15) is 0 Å². The van der Waals surface area contributed by atoms with Gasteiger partial charge in [-0.05, 0) is 54.2 Å². The molecule has 0 saturated carbocycles. The van der Waals surface area contributed by atoms with Gasteiger partial charge in [-0.15, -0.1) is 0 Å². The summed E-state index contributed by atoms with van der Waals surface area (Å²) in [4.78, 5) is 35.6. The minimum absolute atomic E-state index is 0.0452. The molecule has 6 nitrogen and oxygen atoms in total. The lowest BCUT2D eigenvalue weighted by Crippen LogP contribution is -2.34. The largest absolute Gasteiger partial charge is 0.452 e. The normalized spacial score (nSPS) is 15.0. The van der Waals surface area contributed by atoms with Crippen molar-refractivity contribution in [1.29, 1.82) is 0 Å². The van der Waals surface area contributed by atoms with Crippen LogP contribution in [-0.4, -0.2) is 24.4 Å². The molecule has 2 aromatic carbocycles. The molecule has 29 heavy (non-hydrogen) atoms. The first-order chi connectivity index (χ1) is 14.1. The highest BCUT2D eigenvalue weighted by molar-refractivity contribution is 5.91. The highest BCUT2D eigenvalue weighted by Crippen LogP contribution is 2.29. The Hall–Kier alpha value is -3.41. The molecule has 0 aliphatic heterocycles. The van der Waals surface area contributed by atoms with E-state index in [1.165, 1.54) is 11.6 Å². The fourth-order valence-electron chi connectivity index (χ4n) is 3.37. The highest BCUT2D eigenvalue weighted by atomic mass is 16.5. The molecule has 2 aromatic rings. The third kappa shape index (κ3) is 5.54. The molecule has 0 saturated heterocycles. The fraction of sp³-hybridized carbons (Fsp3) is 0.261. The Bertz CT molecular complexity index is 905. The minimum Gasteiger partial charge on any atom is -0.452 e. The van der Waals surface area contributed by atoms with Crippen LogP contribution in [0.25, 0.3) is 0 Å². The Kier molecular flexibility index (Phi) is 6.79. The van der Waals surface area contributed by atoms with E-state index in [0.717, 1.165) is 30.4 Å². The van der Waals surface area contributed by atoms with Crippen LogP contribution in [0.4, 0.5) is 0 Å². The molecule has 0 fully saturated rings. The van der Waals surface area contributed by atoms with Crippen LogP contribution in [0.5, 0.6) is 0 Å². The van der Waals surface area contributed by atoms with Gasteiger partial charge in [0.15, 0.2) is 6.61 Å². The standard InChI is InChI=1S/C23H24N2O4/c1-2-21(26)24-14-16-10-12-18(13-11-16)23(28)29-15-22(27)25-20-9-5-7-17-6-3-4-8-19(17)20/h2-4,6,8,10-13,20H,1,5,7,9,14-15H2,(H,24,26)(H,25,27). The predicted octanol–water partition coefficient (Wildman–Crippen LogP) is 2.84. The number of benzene rings is 2. The molecule has 150 valence electrons. The molecule has 2 N–H and O–H groups in total. The average molecular weight is 392 g/mol. The van der Waals surface area contributed by atoms with Crippen molar-refractivity contribution in [3.05, 3.63) is 83.4 Å². The van der Waals surface area contributed by atoms with Gasteiger partial charge in [-0.2, -0.15) is 0 Å². The van der Waals surface area contributed by atoms with Crippen LogP contribution >= 0.6 is 0 Å². The van der Waals surface area contributed by atoms with E-state index in [2.05, 4.69) is 23.3 Å². The second kappa shape index (κ2) is 9.68. The summed E-state index contributed by atoms with van der Waals surface area (Å²) >= 11 is 0. The summed E-state index contributed by atoms with van der Waals surface area (Å²) in [6, 6.07) is 14.7. The van der Waals surface area contributed by atoms with Crippen LogP contribution in [0.2, 0.25) is 0 Å². The van der Waals surface area contributed by atoms with Crippen LogP contribution in [0.15, 0.2) is 61.2 Å². The van der Waals surface area contributed by atoms with E-state index in [9.17, 15) is 14.4 Å². The Morgan fingerprint density at radius 2 is 1.86 bits per heavy atom. The maximum Gasteiger partial charge on any atom is 0.338 e. The molecule has 1 atom stereocenters. The van der Waals surface area contributed by atoms with Gasteiger partial charge >= 0.3 is 5.97 Å². The number of hydrogen-bond acceptors (Lipinski definition) is 4. The number of amides is 2. The van der Waals surface area contributed by atoms with Crippen LogP contribution in [0.3, 0.4) is 0 Å². The summed E-state index contributed by atoms with van der Waals surface area (Å²) in [6.45, 7) is 3.40. The quantitative estimate of drug-likeness (QED) is 0.561. The third-order valence-electron chi connectivity index (χ3n) is 4.88. The van der Waals surface area contributed by atoms with Crippen LogP contribution in [0.1, 0.15) is 45.9 Å². The minimum atomic E-state index is -0.564. The van der Waals surface area contributed by atoms with Crippen molar-refractivity contribution in [2.45, 2.75) is 31.8 Å². The molecular formula is C23H24N2O4. The van der Waals surface area contributed by atoms with E-state index in [0.29, 0.717) is 12.1 Å². The smallest absolute Gasteiger partial charge is 0.338 e. The number of carbonyl (C=O) groups excluding carboxylic acids is 3. The molecule has 0 bridgehead atoms. The molecule has 0 heterocycles. The van der Waals surface area contributed by atoms with E-state index in [-0.39, 0.29) is 24.5 Å². The molecule has 2 amide bonds. The van der Waals surface area contributed by atoms with Crippen LogP contribution in [0, 0.1) is 0 Å². The number of nitrogens with one attached hydrogen (secondary N) is 2. The average Bonchev–Trinajstić information content (AvgIpc) is 2.76. The zero-order valence-electron chi connectivity index (χ0n) is 16.1. The van der Waals surface area contributed by atoms with Crippen molar-refractivity contribution in [2.24, 2.45) is 0 Å². The van der Waals surface area contributed by atoms with Crippen molar-refractivity contribution in [3.63, 3.8) is 0 Å². The van der Waals surface area contributed by atoms with Gasteiger partial charge in [0, 0.05) is 6.54 Å². The lowest BCUT2D eigenvalue weighted by molar-refractivity contribution is -0.125. The number of fused-ring (bicyclic) bond motifs is 1. The molecule has 1 unspecified atom stereocenters. The van der Waals surface area contributed by atoms with Crippen molar-refractivity contribution in [3.8, 4) is 0 Å². The van der Waals surface area contributed by atoms with Gasteiger partial charge < -0.3 is 15.4 Å². The van der Waals surface area contributed by atoms with E-state index in [1.807, 2.05) is 18.2 Å². The van der Waals surface area contributed by atoms with Crippen molar-refractivity contribution >= 4 is 17.8 Å². The Balaban J connectivity index is 1.48. The van der Waals surface area contributed by atoms with Crippen LogP contribution in [-0.2, 0) is 27.3 Å². The first kappa shape index (κ1) is 20.3. The summed E-state index contributed by atoms with van der Waals surface area (Å²) in [7, 11) is 0. The lowest BCUT2D eigenvalue weighted by atomic mass is 9.88. The zero-order chi connectivity index (χ0) is 20.6. The number of rotatable bonds is 7. The third-order valence-corrected chi connectivity index (χ3v) is 4.88. The van der Waals surface area contributed by atoms with Gasteiger partial charge in [0.25, 0.3) is 5.91 Å². The molecular weight excluding hydrogens is 368 g/mol. The number of carbonyl (C=O) groups is 3. The summed E-state index contributed by atoms with van der Waals surface area (Å²) in [6.07, 6.45) is 4.11. The zero-order valence-corrected chi connectivity index (χ0v) is 16.1. The first-order valence-electron chi connectivity index (χ1n) is 9.60. The van der Waals surface area contributed by atoms with Crippen molar-refractivity contribution < 1.29 is 19.1 Å². The van der Waals surface area contributed by atoms with E-state index >= 15 is 0 Å². The molecule has 3 rings (SSSR count). The van der Waals surface area contributed by atoms with Crippen molar-refractivity contribution in [1.82, 2.24) is 10.6 Å². The Morgan fingerprint density at radius 3 is 2.62 bits per heavy atom. The maximum atomic E-state index is 12.3. The van der Waals surface area contributed by atoms with E-state index in [1.54, 1.807) is 24.3 Å². The monoisotopic (exact) mass is 392 g/mol. The molecule has 0 spiro atoms. The van der Waals surface area contributed by atoms with Gasteiger partial charge in [-0.25, -0.2) is 4.79 Å². The number of hydrogen-bond donors (Lipinski definition) is 2. The second-order valence-corrected chi connectivity index (χ2v) is 6.91. The van der Waals surface area contributed by atoms with Gasteiger partial charge in [0.05, 0.1) is 11.6 Å². The molecule has 6 heteroatoms. The summed E-state index contributed by atoms with van der Waals surface area (Å²) in [5, 5.41) is 5.62. The number of ether oxygens (including phenoxy) is 1. The SMILES string of the molecule is C=CC(=O)NCc1ccc(C(=O)OCC(=O)NC2CCCc3ccccc32)cc1. The summed E-state index contributed by atoms with van der Waals surface area (Å²) in [5.41, 5.74) is 3.58. The van der Waals surface area contributed by atoms with E-state index < -0.39 is 5.97 Å². The van der Waals surface area contributed by atoms with E-state index in [4.69, 9.17) is 4.74 Å². The van der Waals surface area contributed by atoms with Gasteiger partial charge in [-0.1, -0.05) is 43.0 Å². The summed E-state index contributed by atoms with van der Waals surface area (Å²) in [5.74, 6) is -1.14. The van der Waals surface area contributed by atoms with Crippen LogP contribution < -0.4 is 10.6 Å². The molecule has 0 aromatic heterocycles. The maximum absolute atomic E-state index is 12.3. The lowest BCUT2D eigenvalue weighted by Gasteiger charge is -2.26. The second-order valence-electron chi connectivity index (χ2n) is 6.91. The summed E-state index contributed by atoms with van der Waals surface area (Å²) < 4.78 is 5.14. The van der Waals surface area contributed by atoms with Gasteiger partial charge in [-0.3, -0.25) is 9.59 Å². The van der Waals surface area contributed by atoms with Gasteiger partial charge in [0.2, 0.25) is 5.91 Å². The van der Waals surface area contributed by atoms with Crippen molar-refractivity contribution in [2.75, 3.05) is 6.61 Å². The molecule has 1 aliphatic carbocycles. The molecule has 0 radical (unpaired) electrons. The fourth-order valence-corrected chi connectivity index (χ4v) is 3.37. The predicted molar refractivity (Wildman–Crippen MR) is 109 cm³/mol. The topological polar surface area (TPSA) is 84.5 Å². The Morgan fingerprint density at radius 1 is 1.10 bits per heavy atom. The molecule has 1 aliphatic rings.